The molecule has 0 bridgehead atoms. The van der Waals surface area contributed by atoms with Crippen LogP contribution in [-0.4, -0.2) is 65.7 Å². The highest BCUT2D eigenvalue weighted by Gasteiger charge is 2.47. The molecule has 2 atom stereocenters. The third-order valence-corrected chi connectivity index (χ3v) is 6.30. The smallest absolute Gasteiger partial charge is 0.410 e. The second-order valence-corrected chi connectivity index (χ2v) is 8.56. The summed E-state index contributed by atoms with van der Waals surface area (Å²) in [6.07, 6.45) is -4.17. The SMILES string of the molecule is CCOC(=O)N1CCC(NC(=O)c2cc3n(n2)[C@@H](C(F)(F)F)C[C@H](c2ccc(OC)cc2)N3)CC1. The highest BCUT2D eigenvalue weighted by molar-refractivity contribution is 5.93. The Morgan fingerprint density at radius 3 is 2.49 bits per heavy atom. The summed E-state index contributed by atoms with van der Waals surface area (Å²) in [6.45, 7) is 2.86. The number of benzene rings is 1. The van der Waals surface area contributed by atoms with Gasteiger partial charge in [-0.2, -0.15) is 18.3 Å². The molecule has 0 aliphatic carbocycles. The van der Waals surface area contributed by atoms with E-state index in [0.29, 0.717) is 37.2 Å². The zero-order chi connectivity index (χ0) is 25.2. The molecule has 9 nitrogen and oxygen atoms in total. The number of hydrogen-bond donors (Lipinski definition) is 2. The lowest BCUT2D eigenvalue weighted by Gasteiger charge is -2.33. The molecule has 0 unspecified atom stereocenters. The zero-order valence-corrected chi connectivity index (χ0v) is 19.5. The number of nitrogens with one attached hydrogen (secondary N) is 2. The van der Waals surface area contributed by atoms with E-state index >= 15 is 0 Å². The summed E-state index contributed by atoms with van der Waals surface area (Å²) < 4.78 is 52.7. The first-order valence-corrected chi connectivity index (χ1v) is 11.5. The largest absolute Gasteiger partial charge is 0.497 e. The predicted molar refractivity (Wildman–Crippen MR) is 120 cm³/mol. The van der Waals surface area contributed by atoms with E-state index < -0.39 is 30.3 Å². The first-order chi connectivity index (χ1) is 16.7. The van der Waals surface area contributed by atoms with Gasteiger partial charge in [0.25, 0.3) is 5.91 Å². The van der Waals surface area contributed by atoms with E-state index in [1.807, 2.05) is 0 Å². The van der Waals surface area contributed by atoms with E-state index in [1.165, 1.54) is 13.2 Å². The lowest BCUT2D eigenvalue weighted by Crippen LogP contribution is -2.46. The molecule has 0 saturated carbocycles. The molecule has 2 aliphatic heterocycles. The summed E-state index contributed by atoms with van der Waals surface area (Å²) in [5.74, 6) is 0.181. The van der Waals surface area contributed by atoms with Crippen LogP contribution < -0.4 is 15.4 Å². The molecule has 0 radical (unpaired) electrons. The molecular formula is C23H28F3N5O4. The number of rotatable bonds is 5. The summed E-state index contributed by atoms with van der Waals surface area (Å²) in [7, 11) is 1.52. The number of carbonyl (C=O) groups is 2. The highest BCUT2D eigenvalue weighted by atomic mass is 19.4. The van der Waals surface area contributed by atoms with Crippen molar-refractivity contribution >= 4 is 17.8 Å². The van der Waals surface area contributed by atoms with Gasteiger partial charge in [0.15, 0.2) is 11.7 Å². The van der Waals surface area contributed by atoms with Gasteiger partial charge in [0.2, 0.25) is 0 Å². The number of likely N-dealkylation sites (tertiary alicyclic amines) is 1. The van der Waals surface area contributed by atoms with Gasteiger partial charge in [-0.15, -0.1) is 0 Å². The number of amides is 2. The fraction of sp³-hybridized carbons (Fsp3) is 0.522. The van der Waals surface area contributed by atoms with Crippen molar-refractivity contribution in [2.45, 2.75) is 50.5 Å². The van der Waals surface area contributed by atoms with Gasteiger partial charge in [0.05, 0.1) is 19.8 Å². The third-order valence-electron chi connectivity index (χ3n) is 6.30. The van der Waals surface area contributed by atoms with E-state index in [9.17, 15) is 22.8 Å². The normalized spacial score (nSPS) is 20.5. The minimum atomic E-state index is -4.54. The molecular weight excluding hydrogens is 467 g/mol. The van der Waals surface area contributed by atoms with Crippen LogP contribution in [0.15, 0.2) is 30.3 Å². The second kappa shape index (κ2) is 10.0. The molecule has 4 rings (SSSR count). The topological polar surface area (TPSA) is 97.7 Å². The molecule has 2 aromatic rings. The monoisotopic (exact) mass is 495 g/mol. The summed E-state index contributed by atoms with van der Waals surface area (Å²) in [5.41, 5.74) is 0.580. The fourth-order valence-electron chi connectivity index (χ4n) is 4.42. The van der Waals surface area contributed by atoms with E-state index in [1.54, 1.807) is 36.1 Å². The van der Waals surface area contributed by atoms with E-state index in [2.05, 4.69) is 15.7 Å². The first kappa shape index (κ1) is 24.7. The van der Waals surface area contributed by atoms with Gasteiger partial charge in [0, 0.05) is 31.6 Å². The highest BCUT2D eigenvalue weighted by Crippen LogP contribution is 2.43. The van der Waals surface area contributed by atoms with Gasteiger partial charge < -0.3 is 25.0 Å². The number of anilines is 1. The Hall–Kier alpha value is -3.44. The maximum absolute atomic E-state index is 13.9. The Kier molecular flexibility index (Phi) is 7.08. The molecule has 12 heteroatoms. The average molecular weight is 496 g/mol. The van der Waals surface area contributed by atoms with Crippen molar-refractivity contribution < 1.29 is 32.2 Å². The van der Waals surface area contributed by atoms with E-state index in [-0.39, 0.29) is 30.6 Å². The quantitative estimate of drug-likeness (QED) is 0.653. The number of halogens is 3. The van der Waals surface area contributed by atoms with Crippen molar-refractivity contribution in [3.63, 3.8) is 0 Å². The average Bonchev–Trinajstić information content (AvgIpc) is 3.28. The molecule has 2 aliphatic rings. The molecule has 35 heavy (non-hydrogen) atoms. The van der Waals surface area contributed by atoms with Gasteiger partial charge in [0.1, 0.15) is 11.6 Å². The summed E-state index contributed by atoms with van der Waals surface area (Å²) in [6, 6.07) is 5.45. The number of ether oxygens (including phenoxy) is 2. The number of hydrogen-bond acceptors (Lipinski definition) is 6. The maximum Gasteiger partial charge on any atom is 0.410 e. The van der Waals surface area contributed by atoms with E-state index in [4.69, 9.17) is 9.47 Å². The van der Waals surface area contributed by atoms with Gasteiger partial charge >= 0.3 is 12.3 Å². The summed E-state index contributed by atoms with van der Waals surface area (Å²) >= 11 is 0. The van der Waals surface area contributed by atoms with Crippen LogP contribution in [0.1, 0.15) is 54.3 Å². The number of methoxy groups -OCH3 is 1. The van der Waals surface area contributed by atoms with Gasteiger partial charge in [-0.1, -0.05) is 12.1 Å². The molecule has 190 valence electrons. The maximum atomic E-state index is 13.9. The van der Waals surface area contributed by atoms with Crippen molar-refractivity contribution in [2.75, 3.05) is 32.1 Å². The third kappa shape index (κ3) is 5.46. The predicted octanol–water partition coefficient (Wildman–Crippen LogP) is 3.90. The van der Waals surface area contributed by atoms with Crippen LogP contribution in [0.4, 0.5) is 23.8 Å². The van der Waals surface area contributed by atoms with Crippen molar-refractivity contribution in [1.29, 1.82) is 0 Å². The number of alkyl halides is 3. The number of carbonyl (C=O) groups excluding carboxylic acids is 2. The standard InChI is InChI=1S/C23H28F3N5O4/c1-3-35-22(33)30-10-8-15(9-11-30)27-21(32)18-13-20-28-17(14-4-6-16(34-2)7-5-14)12-19(23(24,25)26)31(20)29-18/h4-7,13,15,17,19,28H,3,8-12H2,1-2H3,(H,27,32)/t17-,19-/m1/s1. The fourth-order valence-corrected chi connectivity index (χ4v) is 4.42. The van der Waals surface area contributed by atoms with Crippen molar-refractivity contribution in [1.82, 2.24) is 20.0 Å². The summed E-state index contributed by atoms with van der Waals surface area (Å²) in [5, 5.41) is 9.92. The van der Waals surface area contributed by atoms with Crippen LogP contribution in [-0.2, 0) is 4.74 Å². The number of aromatic nitrogens is 2. The van der Waals surface area contributed by atoms with E-state index in [0.717, 1.165) is 4.68 Å². The van der Waals surface area contributed by atoms with Gasteiger partial charge in [-0.25, -0.2) is 9.48 Å². The zero-order valence-electron chi connectivity index (χ0n) is 19.5. The number of piperidine rings is 1. The van der Waals surface area contributed by atoms with Crippen LogP contribution >= 0.6 is 0 Å². The van der Waals surface area contributed by atoms with Crippen LogP contribution in [0.2, 0.25) is 0 Å². The Balaban J connectivity index is 1.46. The lowest BCUT2D eigenvalue weighted by atomic mass is 9.97. The van der Waals surface area contributed by atoms with Crippen LogP contribution in [0.25, 0.3) is 0 Å². The molecule has 2 N–H and O–H groups in total. The number of fused-ring (bicyclic) bond motifs is 1. The molecule has 0 spiro atoms. The van der Waals surface area contributed by atoms with Crippen molar-refractivity contribution in [3.8, 4) is 5.75 Å². The van der Waals surface area contributed by atoms with Gasteiger partial charge in [-0.3, -0.25) is 4.79 Å². The Labute approximate surface area is 200 Å². The molecule has 1 saturated heterocycles. The first-order valence-electron chi connectivity index (χ1n) is 11.5. The van der Waals surface area contributed by atoms with Crippen molar-refractivity contribution in [3.05, 3.63) is 41.6 Å². The molecule has 3 heterocycles. The molecule has 1 aromatic carbocycles. The van der Waals surface area contributed by atoms with Crippen molar-refractivity contribution in [2.24, 2.45) is 0 Å². The van der Waals surface area contributed by atoms with Crippen LogP contribution in [0.5, 0.6) is 5.75 Å². The lowest BCUT2D eigenvalue weighted by molar-refractivity contribution is -0.173. The summed E-state index contributed by atoms with van der Waals surface area (Å²) in [4.78, 5) is 26.2. The molecule has 1 fully saturated rings. The van der Waals surface area contributed by atoms with Crippen LogP contribution in [0.3, 0.4) is 0 Å². The molecule has 2 amide bonds. The Morgan fingerprint density at radius 1 is 1.20 bits per heavy atom. The number of nitrogens with zero attached hydrogens (tertiary/aromatic N) is 3. The molecule has 1 aromatic heterocycles. The van der Waals surface area contributed by atoms with Crippen LogP contribution in [0, 0.1) is 0 Å². The second-order valence-electron chi connectivity index (χ2n) is 8.56. The Morgan fingerprint density at radius 2 is 1.89 bits per heavy atom. The minimum absolute atomic E-state index is 0.0926. The van der Waals surface area contributed by atoms with Gasteiger partial charge in [-0.05, 0) is 37.5 Å². The minimum Gasteiger partial charge on any atom is -0.497 e. The Bertz CT molecular complexity index is 1050.